The molecular weight excluding hydrogens is 284 g/mol. The van der Waals surface area contributed by atoms with Crippen molar-refractivity contribution < 1.29 is 8.78 Å². The molecule has 0 spiro atoms. The number of hydrogen-bond donors (Lipinski definition) is 1. The van der Waals surface area contributed by atoms with Crippen molar-refractivity contribution in [1.82, 2.24) is 5.32 Å². The molecule has 5 heteroatoms. The van der Waals surface area contributed by atoms with Gasteiger partial charge in [-0.1, -0.05) is 0 Å². The maximum absolute atomic E-state index is 13.8. The van der Waals surface area contributed by atoms with E-state index in [1.54, 1.807) is 6.07 Å². The van der Waals surface area contributed by atoms with Crippen LogP contribution in [0.1, 0.15) is 24.1 Å². The van der Waals surface area contributed by atoms with Crippen LogP contribution in [0.3, 0.4) is 0 Å². The zero-order valence-electron chi connectivity index (χ0n) is 8.10. The fourth-order valence-electron chi connectivity index (χ4n) is 1.85. The zero-order chi connectivity index (χ0) is 10.9. The van der Waals surface area contributed by atoms with Crippen molar-refractivity contribution in [1.29, 1.82) is 0 Å². The Labute approximate surface area is 100 Å². The van der Waals surface area contributed by atoms with E-state index in [9.17, 15) is 8.78 Å². The largest absolute Gasteiger partial charge is 0.314 e. The van der Waals surface area contributed by atoms with E-state index in [-0.39, 0.29) is 17.3 Å². The Kier molecular flexibility index (Phi) is 3.42. The molecular formula is C10H12BrF2NS. The van der Waals surface area contributed by atoms with Crippen molar-refractivity contribution in [2.45, 2.75) is 31.2 Å². The number of halogens is 3. The predicted octanol–water partition coefficient (Wildman–Crippen LogP) is 3.74. The molecule has 0 saturated carbocycles. The van der Waals surface area contributed by atoms with Gasteiger partial charge in [-0.25, -0.2) is 8.78 Å². The van der Waals surface area contributed by atoms with Crippen LogP contribution in [-0.2, 0) is 5.92 Å². The van der Waals surface area contributed by atoms with E-state index >= 15 is 0 Å². The zero-order valence-corrected chi connectivity index (χ0v) is 10.5. The molecule has 15 heavy (non-hydrogen) atoms. The number of hydrogen-bond acceptors (Lipinski definition) is 2. The molecule has 1 aromatic rings. The second-order valence-electron chi connectivity index (χ2n) is 3.81. The van der Waals surface area contributed by atoms with E-state index in [0.717, 1.165) is 34.5 Å². The number of thiophene rings is 1. The summed E-state index contributed by atoms with van der Waals surface area (Å²) in [5.74, 6) is -2.70. The molecule has 1 nitrogen and oxygen atoms in total. The minimum atomic E-state index is -2.70. The van der Waals surface area contributed by atoms with Crippen molar-refractivity contribution in [3.63, 3.8) is 0 Å². The van der Waals surface area contributed by atoms with Crippen LogP contribution in [0.5, 0.6) is 0 Å². The fraction of sp³-hybridized carbons (Fsp3) is 0.600. The molecule has 1 atom stereocenters. The van der Waals surface area contributed by atoms with Gasteiger partial charge in [0.05, 0.1) is 8.66 Å². The number of alkyl halides is 2. The summed E-state index contributed by atoms with van der Waals surface area (Å²) in [7, 11) is 0. The second-order valence-corrected chi connectivity index (χ2v) is 6.27. The van der Waals surface area contributed by atoms with Gasteiger partial charge < -0.3 is 5.32 Å². The molecule has 2 heterocycles. The summed E-state index contributed by atoms with van der Waals surface area (Å²) in [5.41, 5.74) is 0. The lowest BCUT2D eigenvalue weighted by molar-refractivity contribution is -0.0176. The molecule has 0 radical (unpaired) electrons. The van der Waals surface area contributed by atoms with E-state index in [4.69, 9.17) is 0 Å². The lowest BCUT2D eigenvalue weighted by Gasteiger charge is -2.19. The summed E-state index contributed by atoms with van der Waals surface area (Å²) < 4.78 is 28.3. The van der Waals surface area contributed by atoms with Gasteiger partial charge in [-0.3, -0.25) is 0 Å². The monoisotopic (exact) mass is 295 g/mol. The first-order chi connectivity index (χ1) is 7.08. The highest BCUT2D eigenvalue weighted by Gasteiger charge is 2.36. The van der Waals surface area contributed by atoms with Gasteiger partial charge in [-0.15, -0.1) is 11.3 Å². The van der Waals surface area contributed by atoms with Gasteiger partial charge in [-0.05, 0) is 47.4 Å². The van der Waals surface area contributed by atoms with Crippen molar-refractivity contribution >= 4 is 27.3 Å². The Morgan fingerprint density at radius 2 is 2.33 bits per heavy atom. The summed E-state index contributed by atoms with van der Waals surface area (Å²) in [4.78, 5) is 0.156. The third-order valence-electron chi connectivity index (χ3n) is 2.60. The minimum Gasteiger partial charge on any atom is -0.314 e. The van der Waals surface area contributed by atoms with Gasteiger partial charge in [0, 0.05) is 12.5 Å². The van der Waals surface area contributed by atoms with E-state index in [0.29, 0.717) is 0 Å². The van der Waals surface area contributed by atoms with E-state index in [2.05, 4.69) is 21.2 Å². The molecule has 0 amide bonds. The topological polar surface area (TPSA) is 12.0 Å². The summed E-state index contributed by atoms with van der Waals surface area (Å²) >= 11 is 4.32. The first-order valence-electron chi connectivity index (χ1n) is 4.95. The minimum absolute atomic E-state index is 0.0270. The summed E-state index contributed by atoms with van der Waals surface area (Å²) in [6.07, 6.45) is 1.79. The highest BCUT2D eigenvalue weighted by Crippen LogP contribution is 2.39. The van der Waals surface area contributed by atoms with Crippen LogP contribution in [0.15, 0.2) is 15.9 Å². The average molecular weight is 296 g/mol. The van der Waals surface area contributed by atoms with Crippen LogP contribution >= 0.6 is 27.3 Å². The molecule has 1 aromatic heterocycles. The highest BCUT2D eigenvalue weighted by atomic mass is 79.9. The predicted molar refractivity (Wildman–Crippen MR) is 61.6 cm³/mol. The first-order valence-corrected chi connectivity index (χ1v) is 6.56. The number of nitrogens with one attached hydrogen (secondary N) is 1. The fourth-order valence-corrected chi connectivity index (χ4v) is 3.22. The van der Waals surface area contributed by atoms with Crippen LogP contribution in [0.2, 0.25) is 0 Å². The molecule has 0 bridgehead atoms. The van der Waals surface area contributed by atoms with Crippen LogP contribution in [0.25, 0.3) is 0 Å². The summed E-state index contributed by atoms with van der Waals surface area (Å²) in [6, 6.07) is 3.15. The highest BCUT2D eigenvalue weighted by molar-refractivity contribution is 9.11. The Bertz CT molecular complexity index is 334. The van der Waals surface area contributed by atoms with Gasteiger partial charge in [0.15, 0.2) is 0 Å². The molecule has 0 aliphatic carbocycles. The average Bonchev–Trinajstić information content (AvgIpc) is 2.75. The van der Waals surface area contributed by atoms with Crippen LogP contribution in [0.4, 0.5) is 8.78 Å². The lowest BCUT2D eigenvalue weighted by Crippen LogP contribution is -2.28. The molecule has 1 aliphatic rings. The van der Waals surface area contributed by atoms with Crippen molar-refractivity contribution in [2.75, 3.05) is 6.54 Å². The summed E-state index contributed by atoms with van der Waals surface area (Å²) in [6.45, 7) is 0.870. The molecule has 1 fully saturated rings. The number of rotatable bonds is 3. The van der Waals surface area contributed by atoms with E-state index in [1.165, 1.54) is 6.07 Å². The van der Waals surface area contributed by atoms with Crippen LogP contribution < -0.4 is 5.32 Å². The molecule has 84 valence electrons. The Hall–Kier alpha value is -0.0000000000000000833. The van der Waals surface area contributed by atoms with Crippen molar-refractivity contribution in [3.8, 4) is 0 Å². The Morgan fingerprint density at radius 3 is 2.87 bits per heavy atom. The molecule has 1 N–H and O–H groups in total. The lowest BCUT2D eigenvalue weighted by atomic mass is 10.1. The molecule has 0 aromatic carbocycles. The van der Waals surface area contributed by atoms with Gasteiger partial charge in [0.2, 0.25) is 0 Å². The van der Waals surface area contributed by atoms with E-state index in [1.807, 2.05) is 0 Å². The second kappa shape index (κ2) is 4.47. The quantitative estimate of drug-likeness (QED) is 0.896. The maximum Gasteiger partial charge on any atom is 0.283 e. The molecule has 1 saturated heterocycles. The van der Waals surface area contributed by atoms with Gasteiger partial charge in [0.25, 0.3) is 5.92 Å². The van der Waals surface area contributed by atoms with Gasteiger partial charge in [0.1, 0.15) is 0 Å². The Morgan fingerprint density at radius 1 is 1.53 bits per heavy atom. The standard InChI is InChI=1S/C10H12BrF2NS/c11-9-4-3-8(15-9)10(12,13)6-7-2-1-5-14-7/h3-4,7,14H,1-2,5-6H2. The van der Waals surface area contributed by atoms with Gasteiger partial charge >= 0.3 is 0 Å². The normalized spacial score (nSPS) is 22.2. The SMILES string of the molecule is FC(F)(CC1CCCN1)c1ccc(Br)s1. The third-order valence-corrected chi connectivity index (χ3v) is 4.33. The molecule has 1 aliphatic heterocycles. The summed E-state index contributed by atoms with van der Waals surface area (Å²) in [5, 5.41) is 3.10. The maximum atomic E-state index is 13.8. The molecule has 2 rings (SSSR count). The molecule has 1 unspecified atom stereocenters. The van der Waals surface area contributed by atoms with Crippen LogP contribution in [-0.4, -0.2) is 12.6 Å². The van der Waals surface area contributed by atoms with Gasteiger partial charge in [-0.2, -0.15) is 0 Å². The Balaban J connectivity index is 2.05. The van der Waals surface area contributed by atoms with E-state index < -0.39 is 5.92 Å². The van der Waals surface area contributed by atoms with Crippen LogP contribution in [0, 0.1) is 0 Å². The third kappa shape index (κ3) is 2.77. The smallest absolute Gasteiger partial charge is 0.283 e. The van der Waals surface area contributed by atoms with Crippen molar-refractivity contribution in [2.24, 2.45) is 0 Å². The first kappa shape index (κ1) is 11.5. The van der Waals surface area contributed by atoms with Crippen molar-refractivity contribution in [3.05, 3.63) is 20.8 Å².